The topological polar surface area (TPSA) is 42.2 Å². The van der Waals surface area contributed by atoms with Gasteiger partial charge in [-0.15, -0.1) is 0 Å². The van der Waals surface area contributed by atoms with Gasteiger partial charge in [-0.25, -0.2) is 13.8 Å². The Morgan fingerprint density at radius 3 is 2.75 bits per heavy atom. The van der Waals surface area contributed by atoms with Crippen molar-refractivity contribution >= 4 is 5.82 Å². The number of aromatic nitrogens is 1. The van der Waals surface area contributed by atoms with Crippen molar-refractivity contribution < 1.29 is 8.78 Å². The smallest absolute Gasteiger partial charge is 0.265 e. The zero-order valence-electron chi connectivity index (χ0n) is 9.58. The summed E-state index contributed by atoms with van der Waals surface area (Å²) in [5, 5.41) is 0. The van der Waals surface area contributed by atoms with Gasteiger partial charge in [0.05, 0.1) is 6.54 Å². The maximum atomic E-state index is 13.2. The van der Waals surface area contributed by atoms with Crippen LogP contribution < -0.4 is 10.6 Å². The molecule has 5 heteroatoms. The molecule has 0 radical (unpaired) electrons. The number of hydrogen-bond acceptors (Lipinski definition) is 3. The van der Waals surface area contributed by atoms with Crippen LogP contribution in [-0.2, 0) is 6.54 Å². The fraction of sp³-hybridized carbons (Fsp3) is 0.545. The first-order valence-corrected chi connectivity index (χ1v) is 5.23. The zero-order chi connectivity index (χ0) is 12.2. The molecule has 1 aromatic heterocycles. The molecule has 16 heavy (non-hydrogen) atoms. The van der Waals surface area contributed by atoms with Gasteiger partial charge < -0.3 is 10.6 Å². The monoisotopic (exact) mass is 229 g/mol. The highest BCUT2D eigenvalue weighted by Crippen LogP contribution is 2.23. The van der Waals surface area contributed by atoms with Crippen molar-refractivity contribution in [2.75, 3.05) is 18.5 Å². The van der Waals surface area contributed by atoms with Gasteiger partial charge in [-0.3, -0.25) is 0 Å². The molecule has 2 N–H and O–H groups in total. The summed E-state index contributed by atoms with van der Waals surface area (Å²) in [6.07, 6.45) is 1.40. The highest BCUT2D eigenvalue weighted by molar-refractivity contribution is 5.46. The number of alkyl halides is 2. The van der Waals surface area contributed by atoms with Gasteiger partial charge in [0.2, 0.25) is 0 Å². The molecule has 0 saturated heterocycles. The highest BCUT2D eigenvalue weighted by Gasteiger charge is 2.28. The van der Waals surface area contributed by atoms with Crippen molar-refractivity contribution in [3.63, 3.8) is 0 Å². The summed E-state index contributed by atoms with van der Waals surface area (Å²) in [5.74, 6) is -2.17. The second-order valence-corrected chi connectivity index (χ2v) is 3.76. The lowest BCUT2D eigenvalue weighted by Gasteiger charge is -2.25. The Morgan fingerprint density at radius 2 is 2.19 bits per heavy atom. The van der Waals surface area contributed by atoms with Crippen LogP contribution in [0.2, 0.25) is 0 Å². The molecule has 1 heterocycles. The third-order valence-electron chi connectivity index (χ3n) is 2.43. The van der Waals surface area contributed by atoms with Crippen LogP contribution in [0.1, 0.15) is 18.9 Å². The van der Waals surface area contributed by atoms with Crippen molar-refractivity contribution in [2.45, 2.75) is 25.8 Å². The van der Waals surface area contributed by atoms with Crippen molar-refractivity contribution in [1.29, 1.82) is 0 Å². The van der Waals surface area contributed by atoms with E-state index < -0.39 is 5.92 Å². The van der Waals surface area contributed by atoms with E-state index in [-0.39, 0.29) is 13.0 Å². The lowest BCUT2D eigenvalue weighted by molar-refractivity contribution is 0.00606. The molecule has 0 aliphatic rings. The van der Waals surface area contributed by atoms with E-state index in [9.17, 15) is 8.78 Å². The second kappa shape index (κ2) is 5.21. The summed E-state index contributed by atoms with van der Waals surface area (Å²) in [6, 6.07) is 3.54. The summed E-state index contributed by atoms with van der Waals surface area (Å²) in [6.45, 7) is 1.43. The van der Waals surface area contributed by atoms with E-state index in [2.05, 4.69) is 4.98 Å². The Hall–Kier alpha value is -1.23. The maximum Gasteiger partial charge on any atom is 0.265 e. The zero-order valence-corrected chi connectivity index (χ0v) is 9.58. The Labute approximate surface area is 94.3 Å². The van der Waals surface area contributed by atoms with Crippen molar-refractivity contribution in [3.8, 4) is 0 Å². The average molecular weight is 229 g/mol. The molecule has 1 rings (SSSR count). The van der Waals surface area contributed by atoms with Crippen LogP contribution in [0.5, 0.6) is 0 Å². The Kier molecular flexibility index (Phi) is 4.18. The molecule has 0 unspecified atom stereocenters. The minimum atomic E-state index is -2.70. The van der Waals surface area contributed by atoms with Gasteiger partial charge >= 0.3 is 0 Å². The van der Waals surface area contributed by atoms with Crippen molar-refractivity contribution in [2.24, 2.45) is 5.73 Å². The molecule has 90 valence electrons. The summed E-state index contributed by atoms with van der Waals surface area (Å²) >= 11 is 0. The Bertz CT molecular complexity index is 342. The van der Waals surface area contributed by atoms with Crippen molar-refractivity contribution in [1.82, 2.24) is 4.98 Å². The van der Waals surface area contributed by atoms with Gasteiger partial charge in [-0.1, -0.05) is 13.0 Å². The largest absolute Gasteiger partial charge is 0.353 e. The predicted octanol–water partition coefficient (Wildman–Crippen LogP) is 2.02. The fourth-order valence-corrected chi connectivity index (χ4v) is 1.47. The molecule has 0 fully saturated rings. The molecular weight excluding hydrogens is 212 g/mol. The van der Waals surface area contributed by atoms with Gasteiger partial charge in [0, 0.05) is 31.8 Å². The highest BCUT2D eigenvalue weighted by atomic mass is 19.3. The first-order valence-electron chi connectivity index (χ1n) is 5.23. The third kappa shape index (κ3) is 3.13. The van der Waals surface area contributed by atoms with E-state index in [0.717, 1.165) is 5.56 Å². The summed E-state index contributed by atoms with van der Waals surface area (Å²) in [7, 11) is 1.60. The van der Waals surface area contributed by atoms with Crippen molar-refractivity contribution in [3.05, 3.63) is 23.9 Å². The molecule has 0 atom stereocenters. The van der Waals surface area contributed by atoms with Crippen LogP contribution in [0.25, 0.3) is 0 Å². The maximum absolute atomic E-state index is 13.2. The number of nitrogens with two attached hydrogens (primary N) is 1. The normalized spacial score (nSPS) is 11.6. The number of nitrogens with zero attached hydrogens (tertiary/aromatic N) is 2. The molecule has 0 spiro atoms. The minimum Gasteiger partial charge on any atom is -0.353 e. The quantitative estimate of drug-likeness (QED) is 0.840. The summed E-state index contributed by atoms with van der Waals surface area (Å²) in [4.78, 5) is 5.53. The molecule has 1 aromatic rings. The van der Waals surface area contributed by atoms with Crippen LogP contribution in [-0.4, -0.2) is 24.5 Å². The number of hydrogen-bond donors (Lipinski definition) is 1. The van der Waals surface area contributed by atoms with E-state index in [1.54, 1.807) is 25.4 Å². The molecule has 0 aliphatic carbocycles. The third-order valence-corrected chi connectivity index (χ3v) is 2.43. The Balaban J connectivity index is 2.84. The van der Waals surface area contributed by atoms with Gasteiger partial charge in [0.25, 0.3) is 5.92 Å². The lowest BCUT2D eigenvalue weighted by Crippen LogP contribution is -2.35. The standard InChI is InChI=1S/C11H17F2N3/c1-3-11(12,13)8-16(2)10-9(7-14)5-4-6-15-10/h4-6H,3,7-8,14H2,1-2H3. The first-order chi connectivity index (χ1) is 7.50. The first kappa shape index (κ1) is 12.8. The SMILES string of the molecule is CCC(F)(F)CN(C)c1ncccc1CN. The molecule has 0 saturated carbocycles. The van der Waals surface area contributed by atoms with Crippen LogP contribution in [0.3, 0.4) is 0 Å². The van der Waals surface area contributed by atoms with Gasteiger partial charge in [-0.2, -0.15) is 0 Å². The second-order valence-electron chi connectivity index (χ2n) is 3.76. The average Bonchev–Trinajstić information content (AvgIpc) is 2.28. The van der Waals surface area contributed by atoms with E-state index in [1.165, 1.54) is 11.8 Å². The molecule has 0 aliphatic heterocycles. The van der Waals surface area contributed by atoms with Crippen LogP contribution in [0.4, 0.5) is 14.6 Å². The van der Waals surface area contributed by atoms with E-state index in [4.69, 9.17) is 5.73 Å². The van der Waals surface area contributed by atoms with Crippen LogP contribution >= 0.6 is 0 Å². The Morgan fingerprint density at radius 1 is 1.50 bits per heavy atom. The number of pyridine rings is 1. The molecular formula is C11H17F2N3. The van der Waals surface area contributed by atoms with Crippen LogP contribution in [0, 0.1) is 0 Å². The van der Waals surface area contributed by atoms with Gasteiger partial charge in [-0.05, 0) is 6.07 Å². The number of rotatable bonds is 5. The minimum absolute atomic E-state index is 0.178. The molecule has 3 nitrogen and oxygen atoms in total. The predicted molar refractivity (Wildman–Crippen MR) is 60.6 cm³/mol. The van der Waals surface area contributed by atoms with Crippen LogP contribution in [0.15, 0.2) is 18.3 Å². The molecule has 0 amide bonds. The number of anilines is 1. The van der Waals surface area contributed by atoms with E-state index in [1.807, 2.05) is 0 Å². The summed E-state index contributed by atoms with van der Waals surface area (Å²) in [5.41, 5.74) is 6.31. The molecule has 0 aromatic carbocycles. The molecule has 0 bridgehead atoms. The summed E-state index contributed by atoms with van der Waals surface area (Å²) < 4.78 is 26.4. The fourth-order valence-electron chi connectivity index (χ4n) is 1.47. The number of halogens is 2. The lowest BCUT2D eigenvalue weighted by atomic mass is 10.2. The van der Waals surface area contributed by atoms with E-state index in [0.29, 0.717) is 12.4 Å². The van der Waals surface area contributed by atoms with Gasteiger partial charge in [0.1, 0.15) is 5.82 Å². The van der Waals surface area contributed by atoms with Gasteiger partial charge in [0.15, 0.2) is 0 Å². The van der Waals surface area contributed by atoms with E-state index >= 15 is 0 Å².